The molecular formula is C5H8N8. The van der Waals surface area contributed by atoms with Gasteiger partial charge in [0.25, 0.3) is 0 Å². The van der Waals surface area contributed by atoms with Crippen molar-refractivity contribution in [3.63, 3.8) is 0 Å². The lowest BCUT2D eigenvalue weighted by Gasteiger charge is -1.96. The molecule has 0 spiro atoms. The summed E-state index contributed by atoms with van der Waals surface area (Å²) in [5.41, 5.74) is 5.89. The van der Waals surface area contributed by atoms with E-state index in [-0.39, 0.29) is 0 Å². The van der Waals surface area contributed by atoms with Gasteiger partial charge in [-0.25, -0.2) is 21.7 Å². The molecule has 0 atom stereocenters. The Morgan fingerprint density at radius 2 is 2.08 bits per heavy atom. The monoisotopic (exact) mass is 180 g/mol. The summed E-state index contributed by atoms with van der Waals surface area (Å²) in [6.45, 7) is 0. The largest absolute Gasteiger partial charge is 0.319 e. The zero-order valence-corrected chi connectivity index (χ0v) is 6.57. The Morgan fingerprint density at radius 1 is 1.23 bits per heavy atom. The van der Waals surface area contributed by atoms with Gasteiger partial charge in [0, 0.05) is 0 Å². The lowest BCUT2D eigenvalue weighted by atomic mass is 10.5. The van der Waals surface area contributed by atoms with E-state index in [1.165, 1.54) is 6.33 Å². The van der Waals surface area contributed by atoms with Gasteiger partial charge in [-0.1, -0.05) is 0 Å². The van der Waals surface area contributed by atoms with Crippen LogP contribution in [0.1, 0.15) is 0 Å². The number of nitrogens with two attached hydrogens (primary N) is 2. The van der Waals surface area contributed by atoms with Gasteiger partial charge in [0.05, 0.1) is 0 Å². The highest BCUT2D eigenvalue weighted by Crippen LogP contribution is 2.16. The molecule has 2 aromatic rings. The van der Waals surface area contributed by atoms with Gasteiger partial charge >= 0.3 is 0 Å². The van der Waals surface area contributed by atoms with Gasteiger partial charge in [-0.15, -0.1) is 0 Å². The average Bonchev–Trinajstić information content (AvgIpc) is 2.59. The first kappa shape index (κ1) is 7.71. The molecule has 13 heavy (non-hydrogen) atoms. The topological polar surface area (TPSA) is 131 Å². The zero-order chi connectivity index (χ0) is 9.26. The van der Waals surface area contributed by atoms with Crippen LogP contribution in [0.25, 0.3) is 11.2 Å². The van der Waals surface area contributed by atoms with Crippen LogP contribution in [0.4, 0.5) is 11.8 Å². The molecule has 0 amide bonds. The maximum atomic E-state index is 5.23. The summed E-state index contributed by atoms with van der Waals surface area (Å²) in [4.78, 5) is 14.7. The lowest BCUT2D eigenvalue weighted by molar-refractivity contribution is 1.17. The summed E-state index contributed by atoms with van der Waals surface area (Å²) in [6.07, 6.45) is 1.36. The molecule has 2 aromatic heterocycles. The predicted molar refractivity (Wildman–Crippen MR) is 47.3 cm³/mol. The Kier molecular flexibility index (Phi) is 1.69. The molecule has 0 radical (unpaired) electrons. The van der Waals surface area contributed by atoms with Gasteiger partial charge in [0.15, 0.2) is 11.5 Å². The number of rotatable bonds is 2. The molecule has 0 saturated carbocycles. The number of fused-ring (bicyclic) bond motifs is 1. The smallest absolute Gasteiger partial charge is 0.217 e. The van der Waals surface area contributed by atoms with E-state index in [9.17, 15) is 0 Å². The number of H-pyrrole nitrogens is 1. The summed E-state index contributed by atoms with van der Waals surface area (Å²) in [5.74, 6) is 11.3. The van der Waals surface area contributed by atoms with E-state index in [1.807, 2.05) is 0 Å². The lowest BCUT2D eigenvalue weighted by Crippen LogP contribution is -2.09. The summed E-state index contributed by atoms with van der Waals surface area (Å²) >= 11 is 0. The highest BCUT2D eigenvalue weighted by atomic mass is 15.3. The maximum absolute atomic E-state index is 5.23. The SMILES string of the molecule is NNc1nc2ncnc(NN)c2[nH]1. The summed E-state index contributed by atoms with van der Waals surface area (Å²) < 4.78 is 0. The molecule has 0 fully saturated rings. The van der Waals surface area contributed by atoms with Crippen LogP contribution in [0, 0.1) is 0 Å². The highest BCUT2D eigenvalue weighted by molar-refractivity contribution is 5.83. The standard InChI is InChI=1S/C5H8N8/c6-12-4-2-3(8-1-9-4)11-5(10-2)13-7/h1H,6-7H2,(H3,8,9,10,11,12,13). The molecule has 8 heteroatoms. The Labute approximate surface area is 72.7 Å². The van der Waals surface area contributed by atoms with Crippen LogP contribution < -0.4 is 22.5 Å². The molecule has 0 aromatic carbocycles. The molecule has 2 heterocycles. The minimum Gasteiger partial charge on any atom is -0.319 e. The van der Waals surface area contributed by atoms with E-state index < -0.39 is 0 Å². The number of hydrogen-bond acceptors (Lipinski definition) is 7. The fourth-order valence-corrected chi connectivity index (χ4v) is 1.01. The highest BCUT2D eigenvalue weighted by Gasteiger charge is 2.06. The normalized spacial score (nSPS) is 10.3. The van der Waals surface area contributed by atoms with Crippen molar-refractivity contribution in [3.05, 3.63) is 6.33 Å². The fraction of sp³-hybridized carbons (Fsp3) is 0. The Morgan fingerprint density at radius 3 is 2.77 bits per heavy atom. The minimum absolute atomic E-state index is 0.409. The zero-order valence-electron chi connectivity index (χ0n) is 6.57. The van der Waals surface area contributed by atoms with Crippen LogP contribution in [-0.2, 0) is 0 Å². The van der Waals surface area contributed by atoms with Gasteiger partial charge in [-0.05, 0) is 0 Å². The molecular weight excluding hydrogens is 172 g/mol. The van der Waals surface area contributed by atoms with Gasteiger partial charge in [0.2, 0.25) is 5.95 Å². The second-order valence-corrected chi connectivity index (χ2v) is 2.29. The first-order valence-electron chi connectivity index (χ1n) is 3.49. The summed E-state index contributed by atoms with van der Waals surface area (Å²) in [5, 5.41) is 0. The number of hydrazine groups is 2. The van der Waals surface area contributed by atoms with E-state index in [1.54, 1.807) is 0 Å². The van der Waals surface area contributed by atoms with E-state index in [0.717, 1.165) is 0 Å². The van der Waals surface area contributed by atoms with Crippen LogP contribution >= 0.6 is 0 Å². The third kappa shape index (κ3) is 1.13. The first-order chi connectivity index (χ1) is 6.35. The van der Waals surface area contributed by atoms with Crippen LogP contribution in [0.5, 0.6) is 0 Å². The second-order valence-electron chi connectivity index (χ2n) is 2.29. The number of aromatic nitrogens is 4. The van der Waals surface area contributed by atoms with Gasteiger partial charge in [-0.2, -0.15) is 4.98 Å². The third-order valence-electron chi connectivity index (χ3n) is 1.56. The number of nitrogens with zero attached hydrogens (tertiary/aromatic N) is 3. The number of hydrogen-bond donors (Lipinski definition) is 5. The van der Waals surface area contributed by atoms with Crippen molar-refractivity contribution in [2.75, 3.05) is 10.9 Å². The Bertz CT molecular complexity index is 419. The van der Waals surface area contributed by atoms with E-state index in [2.05, 4.69) is 30.8 Å². The molecule has 0 aliphatic heterocycles. The van der Waals surface area contributed by atoms with Crippen LogP contribution in [-0.4, -0.2) is 19.9 Å². The van der Waals surface area contributed by atoms with Crippen LogP contribution in [0.15, 0.2) is 6.33 Å². The molecule has 7 N–H and O–H groups in total. The fourth-order valence-electron chi connectivity index (χ4n) is 1.01. The number of nitrogens with one attached hydrogen (secondary N) is 3. The van der Waals surface area contributed by atoms with Gasteiger partial charge in [0.1, 0.15) is 11.8 Å². The van der Waals surface area contributed by atoms with Crippen molar-refractivity contribution in [3.8, 4) is 0 Å². The minimum atomic E-state index is 0.409. The van der Waals surface area contributed by atoms with Crippen molar-refractivity contribution < 1.29 is 0 Å². The molecule has 0 saturated heterocycles. The maximum Gasteiger partial charge on any atom is 0.217 e. The Balaban J connectivity index is 2.67. The van der Waals surface area contributed by atoms with Crippen LogP contribution in [0.2, 0.25) is 0 Å². The number of aromatic amines is 1. The molecule has 2 rings (SSSR count). The van der Waals surface area contributed by atoms with Crippen molar-refractivity contribution in [1.82, 2.24) is 19.9 Å². The summed E-state index contributed by atoms with van der Waals surface area (Å²) in [6, 6.07) is 0. The van der Waals surface area contributed by atoms with Crippen molar-refractivity contribution >= 4 is 22.9 Å². The second kappa shape index (κ2) is 2.84. The quantitative estimate of drug-likeness (QED) is 0.293. The Hall–Kier alpha value is -1.93. The number of imidazole rings is 1. The van der Waals surface area contributed by atoms with Crippen molar-refractivity contribution in [2.24, 2.45) is 11.7 Å². The van der Waals surface area contributed by atoms with Gasteiger partial charge in [-0.3, -0.25) is 5.43 Å². The van der Waals surface area contributed by atoms with Crippen molar-refractivity contribution in [2.45, 2.75) is 0 Å². The van der Waals surface area contributed by atoms with E-state index in [0.29, 0.717) is 22.9 Å². The molecule has 0 aliphatic rings. The van der Waals surface area contributed by atoms with Crippen LogP contribution in [0.3, 0.4) is 0 Å². The molecule has 8 nitrogen and oxygen atoms in total. The third-order valence-corrected chi connectivity index (χ3v) is 1.56. The molecule has 0 bridgehead atoms. The van der Waals surface area contributed by atoms with Gasteiger partial charge < -0.3 is 10.4 Å². The number of nitrogen functional groups attached to an aromatic ring is 2. The van der Waals surface area contributed by atoms with E-state index in [4.69, 9.17) is 11.7 Å². The van der Waals surface area contributed by atoms with Crippen molar-refractivity contribution in [1.29, 1.82) is 0 Å². The number of anilines is 2. The predicted octanol–water partition coefficient (Wildman–Crippen LogP) is -1.08. The first-order valence-corrected chi connectivity index (χ1v) is 3.49. The molecule has 0 aliphatic carbocycles. The summed E-state index contributed by atoms with van der Waals surface area (Å²) in [7, 11) is 0. The molecule has 68 valence electrons. The average molecular weight is 180 g/mol. The molecule has 0 unspecified atom stereocenters. The van der Waals surface area contributed by atoms with E-state index >= 15 is 0 Å².